The fourth-order valence-electron chi connectivity index (χ4n) is 3.43. The molecule has 9 heteroatoms. The summed E-state index contributed by atoms with van der Waals surface area (Å²) in [5.74, 6) is -0.323. The first-order valence-corrected chi connectivity index (χ1v) is 10.1. The predicted octanol–water partition coefficient (Wildman–Crippen LogP) is 5.73. The van der Waals surface area contributed by atoms with E-state index in [9.17, 15) is 18.0 Å². The van der Waals surface area contributed by atoms with E-state index in [2.05, 4.69) is 10.3 Å². The molecule has 0 saturated heterocycles. The number of alkyl halides is 3. The van der Waals surface area contributed by atoms with E-state index >= 15 is 0 Å². The third-order valence-electron chi connectivity index (χ3n) is 4.86. The van der Waals surface area contributed by atoms with Crippen LogP contribution < -0.4 is 10.1 Å². The van der Waals surface area contributed by atoms with Crippen LogP contribution in [-0.2, 0) is 17.5 Å². The summed E-state index contributed by atoms with van der Waals surface area (Å²) < 4.78 is 53.8. The highest BCUT2D eigenvalue weighted by molar-refractivity contribution is 5.84. The van der Waals surface area contributed by atoms with Gasteiger partial charge in [-0.25, -0.2) is 9.78 Å². The standard InChI is InChI=1S/C24H20F3N3O3/c25-24(26,27)22-17(15-30-16-28-19-10-4-5-11-20(19)30)7-6-12-21(22)32-13-14-33-23(31)29-18-8-2-1-3-9-18/h1-12,16H,13-15H2,(H,29,31). The van der Waals surface area contributed by atoms with Gasteiger partial charge in [-0.15, -0.1) is 0 Å². The molecule has 4 rings (SSSR count). The van der Waals surface area contributed by atoms with Gasteiger partial charge in [0.2, 0.25) is 0 Å². The molecular weight excluding hydrogens is 435 g/mol. The quantitative estimate of drug-likeness (QED) is 0.362. The first kappa shape index (κ1) is 22.2. The van der Waals surface area contributed by atoms with Crippen LogP contribution in [0, 0.1) is 0 Å². The highest BCUT2D eigenvalue weighted by atomic mass is 19.4. The number of anilines is 1. The van der Waals surface area contributed by atoms with Crippen molar-refractivity contribution in [2.75, 3.05) is 18.5 Å². The first-order chi connectivity index (χ1) is 15.9. The smallest absolute Gasteiger partial charge is 0.420 e. The van der Waals surface area contributed by atoms with E-state index in [1.807, 2.05) is 6.07 Å². The third kappa shape index (κ3) is 5.43. The second-order valence-electron chi connectivity index (χ2n) is 7.12. The van der Waals surface area contributed by atoms with Crippen LogP contribution in [0.15, 0.2) is 79.1 Å². The van der Waals surface area contributed by atoms with Gasteiger partial charge in [0.15, 0.2) is 0 Å². The minimum Gasteiger partial charge on any atom is -0.489 e. The van der Waals surface area contributed by atoms with Gasteiger partial charge in [0.25, 0.3) is 0 Å². The maximum Gasteiger partial charge on any atom is 0.420 e. The summed E-state index contributed by atoms with van der Waals surface area (Å²) in [6.45, 7) is -0.475. The number of ether oxygens (including phenoxy) is 2. The van der Waals surface area contributed by atoms with Gasteiger partial charge in [-0.05, 0) is 35.9 Å². The van der Waals surface area contributed by atoms with Gasteiger partial charge < -0.3 is 14.0 Å². The maximum absolute atomic E-state index is 13.9. The van der Waals surface area contributed by atoms with Gasteiger partial charge in [0, 0.05) is 12.2 Å². The first-order valence-electron chi connectivity index (χ1n) is 10.1. The number of halogens is 3. The Balaban J connectivity index is 1.44. The molecule has 0 saturated carbocycles. The maximum atomic E-state index is 13.9. The zero-order valence-electron chi connectivity index (χ0n) is 17.4. The fraction of sp³-hybridized carbons (Fsp3) is 0.167. The van der Waals surface area contributed by atoms with Gasteiger partial charge in [-0.2, -0.15) is 13.2 Å². The van der Waals surface area contributed by atoms with Crippen molar-refractivity contribution in [3.8, 4) is 5.75 Å². The fourth-order valence-corrected chi connectivity index (χ4v) is 3.43. The molecule has 1 heterocycles. The number of nitrogens with zero attached hydrogens (tertiary/aromatic N) is 2. The van der Waals surface area contributed by atoms with Crippen LogP contribution in [0.3, 0.4) is 0 Å². The Bertz CT molecular complexity index is 1240. The van der Waals surface area contributed by atoms with E-state index < -0.39 is 17.8 Å². The zero-order chi connectivity index (χ0) is 23.3. The number of benzene rings is 3. The molecule has 0 fully saturated rings. The number of amides is 1. The lowest BCUT2D eigenvalue weighted by atomic mass is 10.1. The van der Waals surface area contributed by atoms with Gasteiger partial charge in [-0.3, -0.25) is 5.32 Å². The van der Waals surface area contributed by atoms with Crippen LogP contribution in [0.25, 0.3) is 11.0 Å². The molecule has 0 aliphatic heterocycles. The lowest BCUT2D eigenvalue weighted by molar-refractivity contribution is -0.139. The number of hydrogen-bond donors (Lipinski definition) is 1. The molecule has 0 radical (unpaired) electrons. The highest BCUT2D eigenvalue weighted by Gasteiger charge is 2.37. The second-order valence-corrected chi connectivity index (χ2v) is 7.12. The Morgan fingerprint density at radius 3 is 2.48 bits per heavy atom. The molecule has 33 heavy (non-hydrogen) atoms. The lowest BCUT2D eigenvalue weighted by Gasteiger charge is -2.18. The molecule has 0 bridgehead atoms. The molecule has 1 amide bonds. The van der Waals surface area contributed by atoms with E-state index in [1.165, 1.54) is 24.5 Å². The van der Waals surface area contributed by atoms with Crippen LogP contribution >= 0.6 is 0 Å². The highest BCUT2D eigenvalue weighted by Crippen LogP contribution is 2.39. The van der Waals surface area contributed by atoms with Crippen LogP contribution in [0.2, 0.25) is 0 Å². The molecule has 6 nitrogen and oxygen atoms in total. The monoisotopic (exact) mass is 455 g/mol. The SMILES string of the molecule is O=C(Nc1ccccc1)OCCOc1cccc(Cn2cnc3ccccc32)c1C(F)(F)F. The Morgan fingerprint density at radius 1 is 0.939 bits per heavy atom. The number of hydrogen-bond acceptors (Lipinski definition) is 4. The van der Waals surface area contributed by atoms with Crippen molar-refractivity contribution >= 4 is 22.8 Å². The molecule has 0 spiro atoms. The van der Waals surface area contributed by atoms with E-state index in [-0.39, 0.29) is 31.1 Å². The van der Waals surface area contributed by atoms with Crippen LogP contribution in [0.1, 0.15) is 11.1 Å². The summed E-state index contributed by atoms with van der Waals surface area (Å²) in [6, 6.07) is 20.0. The van der Waals surface area contributed by atoms with Crippen LogP contribution in [0.4, 0.5) is 23.7 Å². The average molecular weight is 455 g/mol. The largest absolute Gasteiger partial charge is 0.489 e. The molecule has 3 aromatic carbocycles. The zero-order valence-corrected chi connectivity index (χ0v) is 17.4. The van der Waals surface area contributed by atoms with E-state index in [0.717, 1.165) is 5.52 Å². The molecule has 0 unspecified atom stereocenters. The second kappa shape index (κ2) is 9.64. The van der Waals surface area contributed by atoms with Gasteiger partial charge in [0.1, 0.15) is 24.5 Å². The van der Waals surface area contributed by atoms with Crippen molar-refractivity contribution in [1.82, 2.24) is 9.55 Å². The number of carbonyl (C=O) groups is 1. The number of imidazole rings is 1. The summed E-state index contributed by atoms with van der Waals surface area (Å²) in [6.07, 6.45) is -3.84. The molecule has 170 valence electrons. The van der Waals surface area contributed by atoms with Gasteiger partial charge in [0.05, 0.1) is 17.4 Å². The topological polar surface area (TPSA) is 65.4 Å². The van der Waals surface area contributed by atoms with Crippen molar-refractivity contribution in [2.24, 2.45) is 0 Å². The van der Waals surface area contributed by atoms with E-state index in [0.29, 0.717) is 11.2 Å². The van der Waals surface area contributed by atoms with E-state index in [1.54, 1.807) is 53.1 Å². The molecule has 4 aromatic rings. The molecule has 1 N–H and O–H groups in total. The van der Waals surface area contributed by atoms with Crippen molar-refractivity contribution in [1.29, 1.82) is 0 Å². The molecular formula is C24H20F3N3O3. The van der Waals surface area contributed by atoms with Crippen molar-refractivity contribution < 1.29 is 27.4 Å². The summed E-state index contributed by atoms with van der Waals surface area (Å²) in [5.41, 5.74) is 1.16. The lowest BCUT2D eigenvalue weighted by Crippen LogP contribution is -2.19. The van der Waals surface area contributed by atoms with Crippen LogP contribution in [0.5, 0.6) is 5.75 Å². The molecule has 0 aliphatic carbocycles. The van der Waals surface area contributed by atoms with Crippen LogP contribution in [-0.4, -0.2) is 28.9 Å². The van der Waals surface area contributed by atoms with Crippen molar-refractivity contribution in [3.63, 3.8) is 0 Å². The van der Waals surface area contributed by atoms with Crippen molar-refractivity contribution in [3.05, 3.63) is 90.3 Å². The van der Waals surface area contributed by atoms with Gasteiger partial charge in [-0.1, -0.05) is 42.5 Å². The van der Waals surface area contributed by atoms with Gasteiger partial charge >= 0.3 is 12.3 Å². The number of aromatic nitrogens is 2. The molecule has 1 aromatic heterocycles. The Morgan fingerprint density at radius 2 is 1.70 bits per heavy atom. The molecule has 0 aliphatic rings. The Hall–Kier alpha value is -4.01. The minimum absolute atomic E-state index is 0.0253. The average Bonchev–Trinajstić information content (AvgIpc) is 3.19. The van der Waals surface area contributed by atoms with E-state index in [4.69, 9.17) is 9.47 Å². The normalized spacial score (nSPS) is 11.4. The number of fused-ring (bicyclic) bond motifs is 1. The number of para-hydroxylation sites is 3. The predicted molar refractivity (Wildman–Crippen MR) is 117 cm³/mol. The summed E-state index contributed by atoms with van der Waals surface area (Å²) >= 11 is 0. The number of rotatable bonds is 7. The minimum atomic E-state index is -4.63. The summed E-state index contributed by atoms with van der Waals surface area (Å²) in [4.78, 5) is 16.0. The van der Waals surface area contributed by atoms with Crippen molar-refractivity contribution in [2.45, 2.75) is 12.7 Å². The third-order valence-corrected chi connectivity index (χ3v) is 4.86. The summed E-state index contributed by atoms with van der Waals surface area (Å²) in [7, 11) is 0. The number of nitrogens with one attached hydrogen (secondary N) is 1. The summed E-state index contributed by atoms with van der Waals surface area (Å²) in [5, 5.41) is 2.52. The number of carbonyl (C=O) groups excluding carboxylic acids is 1. The Kier molecular flexibility index (Phi) is 6.48. The molecule has 0 atom stereocenters. The Labute approximate surface area is 187 Å².